The van der Waals surface area contributed by atoms with Gasteiger partial charge < -0.3 is 10.0 Å². The van der Waals surface area contributed by atoms with E-state index in [1.807, 2.05) is 30.7 Å². The number of carbonyl (C=O) groups excluding carboxylic acids is 1. The van der Waals surface area contributed by atoms with E-state index in [1.165, 1.54) is 0 Å². The highest BCUT2D eigenvalue weighted by Crippen LogP contribution is 2.25. The first-order chi connectivity index (χ1) is 8.41. The number of hydrogen-bond donors (Lipinski definition) is 1. The Morgan fingerprint density at radius 3 is 2.39 bits per heavy atom. The van der Waals surface area contributed by atoms with Gasteiger partial charge in [-0.1, -0.05) is 0 Å². The zero-order chi connectivity index (χ0) is 13.7. The normalized spacial score (nSPS) is 15.2. The van der Waals surface area contributed by atoms with Crippen molar-refractivity contribution in [2.24, 2.45) is 0 Å². The van der Waals surface area contributed by atoms with Crippen molar-refractivity contribution in [1.29, 1.82) is 0 Å². The standard InChI is InChI=1S/C13H24N2O3/c1-10(2)15(8-4-5-13(17)18)9-12(16)14(3)11-6-7-11/h10-11H,4-9H2,1-3H3,(H,17,18). The van der Waals surface area contributed by atoms with Gasteiger partial charge in [0.05, 0.1) is 6.54 Å². The van der Waals surface area contributed by atoms with Gasteiger partial charge in [0.15, 0.2) is 0 Å². The Morgan fingerprint density at radius 1 is 1.33 bits per heavy atom. The molecule has 1 fully saturated rings. The number of hydrogen-bond acceptors (Lipinski definition) is 3. The predicted octanol–water partition coefficient (Wildman–Crippen LogP) is 1.18. The molecule has 0 saturated heterocycles. The third kappa shape index (κ3) is 5.04. The Hall–Kier alpha value is -1.10. The van der Waals surface area contributed by atoms with Gasteiger partial charge in [0.1, 0.15) is 0 Å². The first-order valence-electron chi connectivity index (χ1n) is 6.63. The fraction of sp³-hybridized carbons (Fsp3) is 0.846. The van der Waals surface area contributed by atoms with Crippen molar-refractivity contribution < 1.29 is 14.7 Å². The average Bonchev–Trinajstić information content (AvgIpc) is 3.09. The van der Waals surface area contributed by atoms with E-state index in [9.17, 15) is 9.59 Å². The van der Waals surface area contributed by atoms with Crippen molar-refractivity contribution in [3.05, 3.63) is 0 Å². The van der Waals surface area contributed by atoms with Gasteiger partial charge in [0.2, 0.25) is 5.91 Å². The maximum Gasteiger partial charge on any atom is 0.303 e. The number of rotatable bonds is 8. The number of carboxylic acid groups (broad SMARTS) is 1. The summed E-state index contributed by atoms with van der Waals surface area (Å²) in [5, 5.41) is 8.62. The quantitative estimate of drug-likeness (QED) is 0.708. The molecule has 0 aromatic rings. The number of likely N-dealkylation sites (N-methyl/N-ethyl adjacent to an activating group) is 1. The molecule has 1 aliphatic carbocycles. The number of carboxylic acids is 1. The molecule has 5 heteroatoms. The van der Waals surface area contributed by atoms with E-state index in [1.54, 1.807) is 0 Å². The lowest BCUT2D eigenvalue weighted by Gasteiger charge is -2.28. The Morgan fingerprint density at radius 2 is 1.94 bits per heavy atom. The van der Waals surface area contributed by atoms with Crippen molar-refractivity contribution in [2.45, 2.75) is 51.6 Å². The molecule has 0 bridgehead atoms. The first kappa shape index (κ1) is 15.0. The molecule has 1 N–H and O–H groups in total. The summed E-state index contributed by atoms with van der Waals surface area (Å²) in [5.74, 6) is -0.637. The Labute approximate surface area is 109 Å². The van der Waals surface area contributed by atoms with Gasteiger partial charge in [-0.2, -0.15) is 0 Å². The highest BCUT2D eigenvalue weighted by Gasteiger charge is 2.30. The minimum absolute atomic E-state index is 0.140. The fourth-order valence-electron chi connectivity index (χ4n) is 1.90. The van der Waals surface area contributed by atoms with E-state index in [-0.39, 0.29) is 18.4 Å². The van der Waals surface area contributed by atoms with Gasteiger partial charge in [0, 0.05) is 25.6 Å². The van der Waals surface area contributed by atoms with Gasteiger partial charge in [0.25, 0.3) is 0 Å². The van der Waals surface area contributed by atoms with Crippen LogP contribution < -0.4 is 0 Å². The summed E-state index contributed by atoms with van der Waals surface area (Å²) >= 11 is 0. The van der Waals surface area contributed by atoms with Crippen molar-refractivity contribution >= 4 is 11.9 Å². The largest absolute Gasteiger partial charge is 0.481 e. The van der Waals surface area contributed by atoms with E-state index in [0.29, 0.717) is 25.6 Å². The lowest BCUT2D eigenvalue weighted by atomic mass is 10.2. The van der Waals surface area contributed by atoms with Gasteiger partial charge in [-0.05, 0) is 39.7 Å². The highest BCUT2D eigenvalue weighted by molar-refractivity contribution is 5.78. The Kier molecular flexibility index (Phi) is 5.59. The zero-order valence-electron chi connectivity index (χ0n) is 11.6. The molecule has 1 rings (SSSR count). The van der Waals surface area contributed by atoms with Crippen LogP contribution in [0, 0.1) is 0 Å². The molecule has 1 aliphatic rings. The minimum atomic E-state index is -0.778. The van der Waals surface area contributed by atoms with Crippen LogP contribution in [0.5, 0.6) is 0 Å². The molecule has 0 aromatic carbocycles. The van der Waals surface area contributed by atoms with Gasteiger partial charge >= 0.3 is 5.97 Å². The Bertz CT molecular complexity index is 301. The molecule has 18 heavy (non-hydrogen) atoms. The summed E-state index contributed by atoms with van der Waals surface area (Å²) < 4.78 is 0. The van der Waals surface area contributed by atoms with E-state index in [4.69, 9.17) is 5.11 Å². The van der Waals surface area contributed by atoms with Gasteiger partial charge in [-0.25, -0.2) is 0 Å². The molecule has 0 spiro atoms. The maximum absolute atomic E-state index is 12.0. The summed E-state index contributed by atoms with van der Waals surface area (Å²) in [7, 11) is 1.86. The van der Waals surface area contributed by atoms with E-state index < -0.39 is 5.97 Å². The summed E-state index contributed by atoms with van der Waals surface area (Å²) in [6, 6.07) is 0.695. The van der Waals surface area contributed by atoms with Crippen LogP contribution in [0.2, 0.25) is 0 Å². The SMILES string of the molecule is CC(C)N(CCCC(=O)O)CC(=O)N(C)C1CC1. The number of aliphatic carboxylic acids is 1. The average molecular weight is 256 g/mol. The molecule has 0 aromatic heterocycles. The van der Waals surface area contributed by atoms with E-state index >= 15 is 0 Å². The maximum atomic E-state index is 12.0. The molecule has 0 unspecified atom stereocenters. The number of nitrogens with zero attached hydrogens (tertiary/aromatic N) is 2. The van der Waals surface area contributed by atoms with Gasteiger partial charge in [-0.15, -0.1) is 0 Å². The lowest BCUT2D eigenvalue weighted by Crippen LogP contribution is -2.42. The first-order valence-corrected chi connectivity index (χ1v) is 6.63. The zero-order valence-corrected chi connectivity index (χ0v) is 11.6. The third-order valence-corrected chi connectivity index (χ3v) is 3.39. The fourth-order valence-corrected chi connectivity index (χ4v) is 1.90. The molecule has 0 atom stereocenters. The van der Waals surface area contributed by atoms with Crippen LogP contribution >= 0.6 is 0 Å². The van der Waals surface area contributed by atoms with E-state index in [2.05, 4.69) is 0 Å². The van der Waals surface area contributed by atoms with Crippen LogP contribution in [0.4, 0.5) is 0 Å². The van der Waals surface area contributed by atoms with Crippen LogP contribution in [0.15, 0.2) is 0 Å². The molecule has 104 valence electrons. The summed E-state index contributed by atoms with van der Waals surface area (Å²) in [5.41, 5.74) is 0. The van der Waals surface area contributed by atoms with Crippen LogP contribution in [0.25, 0.3) is 0 Å². The minimum Gasteiger partial charge on any atom is -0.481 e. The van der Waals surface area contributed by atoms with Crippen molar-refractivity contribution in [3.63, 3.8) is 0 Å². The Balaban J connectivity index is 2.36. The van der Waals surface area contributed by atoms with Crippen molar-refractivity contribution in [1.82, 2.24) is 9.80 Å². The monoisotopic (exact) mass is 256 g/mol. The third-order valence-electron chi connectivity index (χ3n) is 3.39. The molecule has 1 amide bonds. The number of carbonyl (C=O) groups is 2. The molecule has 5 nitrogen and oxygen atoms in total. The summed E-state index contributed by atoms with van der Waals surface area (Å²) in [4.78, 5) is 26.4. The van der Waals surface area contributed by atoms with Crippen LogP contribution in [0.3, 0.4) is 0 Å². The molecular formula is C13H24N2O3. The highest BCUT2D eigenvalue weighted by atomic mass is 16.4. The second-order valence-corrected chi connectivity index (χ2v) is 5.30. The molecule has 0 heterocycles. The van der Waals surface area contributed by atoms with E-state index in [0.717, 1.165) is 12.8 Å². The summed E-state index contributed by atoms with van der Waals surface area (Å²) in [6.45, 7) is 5.12. The summed E-state index contributed by atoms with van der Waals surface area (Å²) in [6.07, 6.45) is 2.98. The second kappa shape index (κ2) is 6.73. The lowest BCUT2D eigenvalue weighted by molar-refractivity contribution is -0.137. The molecular weight excluding hydrogens is 232 g/mol. The molecule has 0 aliphatic heterocycles. The van der Waals surface area contributed by atoms with Crippen molar-refractivity contribution in [3.8, 4) is 0 Å². The second-order valence-electron chi connectivity index (χ2n) is 5.30. The smallest absolute Gasteiger partial charge is 0.303 e. The molecule has 0 radical (unpaired) electrons. The topological polar surface area (TPSA) is 60.9 Å². The van der Waals surface area contributed by atoms with Crippen LogP contribution in [-0.4, -0.2) is 59.0 Å². The van der Waals surface area contributed by atoms with Crippen molar-refractivity contribution in [2.75, 3.05) is 20.1 Å². The molecule has 1 saturated carbocycles. The van der Waals surface area contributed by atoms with Crippen LogP contribution in [0.1, 0.15) is 39.5 Å². The predicted molar refractivity (Wildman–Crippen MR) is 69.4 cm³/mol. The number of amides is 1. The van der Waals surface area contributed by atoms with Crippen LogP contribution in [-0.2, 0) is 9.59 Å². The van der Waals surface area contributed by atoms with Gasteiger partial charge in [-0.3, -0.25) is 14.5 Å².